The number of thiazole rings is 1. The highest BCUT2D eigenvalue weighted by Crippen LogP contribution is 2.21. The molecule has 0 bridgehead atoms. The second-order valence-electron chi connectivity index (χ2n) is 5.16. The maximum absolute atomic E-state index is 12.2. The Morgan fingerprint density at radius 2 is 2.33 bits per heavy atom. The van der Waals surface area contributed by atoms with Gasteiger partial charge in [0.2, 0.25) is 5.91 Å². The topological polar surface area (TPSA) is 62.5 Å². The summed E-state index contributed by atoms with van der Waals surface area (Å²) in [6.07, 6.45) is 0.362. The summed E-state index contributed by atoms with van der Waals surface area (Å²) in [7, 11) is 4.13. The first-order valence-electron chi connectivity index (χ1n) is 6.11. The number of anilines is 1. The molecular formula is C12H20N4OS. The van der Waals surface area contributed by atoms with E-state index >= 15 is 0 Å². The fourth-order valence-corrected chi connectivity index (χ4v) is 3.06. The molecule has 1 aromatic rings. The highest BCUT2D eigenvalue weighted by atomic mass is 32.1. The Labute approximate surface area is 112 Å². The van der Waals surface area contributed by atoms with Crippen molar-refractivity contribution in [1.82, 2.24) is 14.8 Å². The van der Waals surface area contributed by atoms with Gasteiger partial charge in [0, 0.05) is 24.5 Å². The highest BCUT2D eigenvalue weighted by Gasteiger charge is 2.33. The van der Waals surface area contributed by atoms with Crippen molar-refractivity contribution in [2.24, 2.45) is 5.92 Å². The Morgan fingerprint density at radius 1 is 1.61 bits per heavy atom. The van der Waals surface area contributed by atoms with Gasteiger partial charge in [-0.25, -0.2) is 4.98 Å². The monoisotopic (exact) mass is 268 g/mol. The summed E-state index contributed by atoms with van der Waals surface area (Å²) in [5.74, 6) is 0.668. The first-order valence-corrected chi connectivity index (χ1v) is 6.99. The molecule has 1 aromatic heterocycles. The first kappa shape index (κ1) is 13.3. The molecule has 5 nitrogen and oxygen atoms in total. The lowest BCUT2D eigenvalue weighted by molar-refractivity contribution is -0.129. The second kappa shape index (κ2) is 5.24. The van der Waals surface area contributed by atoms with E-state index in [0.717, 1.165) is 18.8 Å². The van der Waals surface area contributed by atoms with Gasteiger partial charge in [-0.15, -0.1) is 11.3 Å². The number of nitrogens with zero attached hydrogens (tertiary/aromatic N) is 3. The zero-order valence-electron chi connectivity index (χ0n) is 11.1. The van der Waals surface area contributed by atoms with Gasteiger partial charge in [-0.05, 0) is 20.0 Å². The number of rotatable bonds is 3. The lowest BCUT2D eigenvalue weighted by Crippen LogP contribution is -2.36. The molecule has 0 aromatic carbocycles. The van der Waals surface area contributed by atoms with Crippen molar-refractivity contribution in [3.05, 3.63) is 11.1 Å². The van der Waals surface area contributed by atoms with Crippen molar-refractivity contribution in [3.63, 3.8) is 0 Å². The summed E-state index contributed by atoms with van der Waals surface area (Å²) in [5, 5.41) is 2.38. The molecule has 0 aliphatic carbocycles. The van der Waals surface area contributed by atoms with E-state index in [1.54, 1.807) is 0 Å². The SMILES string of the molecule is CC1CN(C(=O)Cc2csc(N)n2)CC1N(C)C. The van der Waals surface area contributed by atoms with Gasteiger partial charge in [0.15, 0.2) is 5.13 Å². The van der Waals surface area contributed by atoms with Crippen LogP contribution >= 0.6 is 11.3 Å². The quantitative estimate of drug-likeness (QED) is 0.875. The molecule has 6 heteroatoms. The second-order valence-corrected chi connectivity index (χ2v) is 6.05. The van der Waals surface area contributed by atoms with Crippen LogP contribution in [0.1, 0.15) is 12.6 Å². The Balaban J connectivity index is 1.95. The van der Waals surface area contributed by atoms with E-state index < -0.39 is 0 Å². The van der Waals surface area contributed by atoms with Crippen molar-refractivity contribution in [3.8, 4) is 0 Å². The average Bonchev–Trinajstić information content (AvgIpc) is 2.85. The van der Waals surface area contributed by atoms with Gasteiger partial charge in [-0.2, -0.15) is 0 Å². The smallest absolute Gasteiger partial charge is 0.228 e. The van der Waals surface area contributed by atoms with Gasteiger partial charge in [0.05, 0.1) is 12.1 Å². The number of carbonyl (C=O) groups excluding carboxylic acids is 1. The average molecular weight is 268 g/mol. The maximum atomic E-state index is 12.2. The van der Waals surface area contributed by atoms with Gasteiger partial charge in [-0.1, -0.05) is 6.92 Å². The van der Waals surface area contributed by atoms with Gasteiger partial charge >= 0.3 is 0 Å². The molecule has 1 fully saturated rings. The van der Waals surface area contributed by atoms with Crippen molar-refractivity contribution >= 4 is 22.4 Å². The third kappa shape index (κ3) is 2.81. The Hall–Kier alpha value is -1.14. The molecule has 0 radical (unpaired) electrons. The van der Waals surface area contributed by atoms with Crippen LogP contribution in [0.3, 0.4) is 0 Å². The number of likely N-dealkylation sites (N-methyl/N-ethyl adjacent to an activating group) is 1. The normalized spacial score (nSPS) is 23.9. The molecule has 2 heterocycles. The maximum Gasteiger partial charge on any atom is 0.228 e. The van der Waals surface area contributed by atoms with Crippen molar-refractivity contribution < 1.29 is 4.79 Å². The minimum absolute atomic E-state index is 0.150. The third-order valence-corrected chi connectivity index (χ3v) is 4.21. The summed E-state index contributed by atoms with van der Waals surface area (Å²) in [4.78, 5) is 20.4. The van der Waals surface area contributed by atoms with Crippen molar-refractivity contribution in [1.29, 1.82) is 0 Å². The molecule has 0 spiro atoms. The largest absolute Gasteiger partial charge is 0.375 e. The molecule has 2 atom stereocenters. The number of nitrogens with two attached hydrogens (primary N) is 1. The highest BCUT2D eigenvalue weighted by molar-refractivity contribution is 7.13. The molecule has 100 valence electrons. The van der Waals surface area contributed by atoms with E-state index in [4.69, 9.17) is 5.73 Å². The third-order valence-electron chi connectivity index (χ3n) is 3.49. The molecule has 1 aliphatic heterocycles. The van der Waals surface area contributed by atoms with E-state index in [2.05, 4.69) is 30.9 Å². The summed E-state index contributed by atoms with van der Waals surface area (Å²) in [6, 6.07) is 0.453. The zero-order valence-corrected chi connectivity index (χ0v) is 11.9. The number of amides is 1. The van der Waals surface area contributed by atoms with Crippen LogP contribution in [-0.2, 0) is 11.2 Å². The predicted octanol–water partition coefficient (Wildman–Crippen LogP) is 0.676. The summed E-state index contributed by atoms with van der Waals surface area (Å²) in [6.45, 7) is 3.84. The summed E-state index contributed by atoms with van der Waals surface area (Å²) in [5.41, 5.74) is 6.35. The zero-order chi connectivity index (χ0) is 13.3. The number of hydrogen-bond acceptors (Lipinski definition) is 5. The van der Waals surface area contributed by atoms with E-state index in [-0.39, 0.29) is 5.91 Å². The lowest BCUT2D eigenvalue weighted by Gasteiger charge is -2.22. The first-order chi connectivity index (χ1) is 8.47. The molecule has 1 aliphatic rings. The number of carbonyl (C=O) groups is 1. The van der Waals surface area contributed by atoms with Crippen LogP contribution in [0, 0.1) is 5.92 Å². The van der Waals surface area contributed by atoms with Crippen LogP contribution in [0.25, 0.3) is 0 Å². The summed E-state index contributed by atoms with van der Waals surface area (Å²) < 4.78 is 0. The van der Waals surface area contributed by atoms with Crippen molar-refractivity contribution in [2.75, 3.05) is 32.9 Å². The van der Waals surface area contributed by atoms with Crippen LogP contribution in [0.4, 0.5) is 5.13 Å². The molecular weight excluding hydrogens is 248 g/mol. The molecule has 1 saturated heterocycles. The molecule has 0 saturated carbocycles. The van der Waals surface area contributed by atoms with Crippen LogP contribution in [0.5, 0.6) is 0 Å². The minimum Gasteiger partial charge on any atom is -0.375 e. The minimum atomic E-state index is 0.150. The number of aromatic nitrogens is 1. The van der Waals surface area contributed by atoms with Crippen molar-refractivity contribution in [2.45, 2.75) is 19.4 Å². The van der Waals surface area contributed by atoms with E-state index in [9.17, 15) is 4.79 Å². The molecule has 2 unspecified atom stereocenters. The van der Waals surface area contributed by atoms with E-state index in [0.29, 0.717) is 23.5 Å². The fraction of sp³-hybridized carbons (Fsp3) is 0.667. The molecule has 1 amide bonds. The van der Waals surface area contributed by atoms with Gasteiger partial charge < -0.3 is 15.5 Å². The molecule has 18 heavy (non-hydrogen) atoms. The fourth-order valence-electron chi connectivity index (χ4n) is 2.50. The summed E-state index contributed by atoms with van der Waals surface area (Å²) >= 11 is 1.38. The van der Waals surface area contributed by atoms with E-state index in [1.807, 2.05) is 10.3 Å². The Bertz CT molecular complexity index is 431. The lowest BCUT2D eigenvalue weighted by atomic mass is 10.1. The standard InChI is InChI=1S/C12H20N4OS/c1-8-5-16(6-10(8)15(2)3)11(17)4-9-7-18-12(13)14-9/h7-8,10H,4-6H2,1-3H3,(H2,13,14). The van der Waals surface area contributed by atoms with Gasteiger partial charge in [-0.3, -0.25) is 4.79 Å². The van der Waals surface area contributed by atoms with Gasteiger partial charge in [0.25, 0.3) is 0 Å². The van der Waals surface area contributed by atoms with Crippen LogP contribution in [0.2, 0.25) is 0 Å². The van der Waals surface area contributed by atoms with Crippen LogP contribution in [0.15, 0.2) is 5.38 Å². The Morgan fingerprint density at radius 3 is 2.83 bits per heavy atom. The van der Waals surface area contributed by atoms with E-state index in [1.165, 1.54) is 11.3 Å². The molecule has 2 rings (SSSR count). The van der Waals surface area contributed by atoms with Gasteiger partial charge in [0.1, 0.15) is 0 Å². The number of hydrogen-bond donors (Lipinski definition) is 1. The van der Waals surface area contributed by atoms with Crippen LogP contribution < -0.4 is 5.73 Å². The predicted molar refractivity (Wildman–Crippen MR) is 73.4 cm³/mol. The molecule has 2 N–H and O–H groups in total. The van der Waals surface area contributed by atoms with Crippen LogP contribution in [-0.4, -0.2) is 53.9 Å². The number of likely N-dealkylation sites (tertiary alicyclic amines) is 1. The Kier molecular flexibility index (Phi) is 3.87. The number of nitrogen functional groups attached to an aromatic ring is 1.